The number of carbonyl (C=O) groups is 2. The van der Waals surface area contributed by atoms with Gasteiger partial charge in [-0.3, -0.25) is 9.59 Å². The number of halogens is 1. The second kappa shape index (κ2) is 7.77. The summed E-state index contributed by atoms with van der Waals surface area (Å²) in [5, 5.41) is 2.65. The van der Waals surface area contributed by atoms with E-state index in [2.05, 4.69) is 14.9 Å². The van der Waals surface area contributed by atoms with Crippen LogP contribution in [0.3, 0.4) is 0 Å². The van der Waals surface area contributed by atoms with Crippen molar-refractivity contribution in [2.24, 2.45) is 0 Å². The molecule has 0 unspecified atom stereocenters. The van der Waals surface area contributed by atoms with E-state index >= 15 is 0 Å². The number of nitrogens with zero attached hydrogens (tertiary/aromatic N) is 3. The van der Waals surface area contributed by atoms with Gasteiger partial charge in [0, 0.05) is 23.7 Å². The van der Waals surface area contributed by atoms with E-state index in [9.17, 15) is 14.0 Å². The van der Waals surface area contributed by atoms with Crippen LogP contribution in [-0.4, -0.2) is 21.4 Å². The van der Waals surface area contributed by atoms with Gasteiger partial charge in [0.05, 0.1) is 23.5 Å². The highest BCUT2D eigenvalue weighted by atomic mass is 19.1. The number of rotatable bonds is 3. The van der Waals surface area contributed by atoms with Gasteiger partial charge in [-0.25, -0.2) is 9.37 Å². The van der Waals surface area contributed by atoms with E-state index in [1.165, 1.54) is 18.3 Å². The maximum absolute atomic E-state index is 13.5. The molecule has 5 rings (SSSR count). The minimum Gasteiger partial charge on any atom is -0.317 e. The van der Waals surface area contributed by atoms with Crippen molar-refractivity contribution in [3.8, 4) is 5.69 Å². The van der Waals surface area contributed by atoms with E-state index in [0.29, 0.717) is 17.7 Å². The lowest BCUT2D eigenvalue weighted by molar-refractivity contribution is 0.0982. The summed E-state index contributed by atoms with van der Waals surface area (Å²) in [6.07, 6.45) is 3.42. The Balaban J connectivity index is 1.37. The Bertz CT molecular complexity index is 1340. The van der Waals surface area contributed by atoms with Gasteiger partial charge in [0.2, 0.25) is 0 Å². The first-order valence-corrected chi connectivity index (χ1v) is 10.1. The van der Waals surface area contributed by atoms with Gasteiger partial charge in [-0.05, 0) is 61.0 Å². The highest BCUT2D eigenvalue weighted by Gasteiger charge is 2.26. The number of pyridine rings is 1. The van der Waals surface area contributed by atoms with Crippen LogP contribution in [0.1, 0.15) is 32.0 Å². The van der Waals surface area contributed by atoms with Gasteiger partial charge in [-0.2, -0.15) is 0 Å². The van der Waals surface area contributed by atoms with Gasteiger partial charge in [-0.1, -0.05) is 18.2 Å². The van der Waals surface area contributed by atoms with Crippen molar-refractivity contribution in [3.63, 3.8) is 0 Å². The van der Waals surface area contributed by atoms with E-state index < -0.39 is 11.7 Å². The molecule has 0 spiro atoms. The second-order valence-electron chi connectivity index (χ2n) is 7.60. The number of nitrogens with one attached hydrogen (secondary N) is 1. The van der Waals surface area contributed by atoms with E-state index in [-0.39, 0.29) is 17.3 Å². The zero-order valence-electron chi connectivity index (χ0n) is 17.2. The molecule has 2 aromatic heterocycles. The number of amides is 2. The van der Waals surface area contributed by atoms with E-state index in [0.717, 1.165) is 17.1 Å². The Morgan fingerprint density at radius 1 is 1.00 bits per heavy atom. The van der Waals surface area contributed by atoms with Gasteiger partial charge in [0.15, 0.2) is 0 Å². The SMILES string of the molecule is Cc1ccc(F)cc1C(=O)Nc1ccc(C(=O)N2Cc3cccn3-c3ccccc32)cn1. The molecule has 0 bridgehead atoms. The lowest BCUT2D eigenvalue weighted by atomic mass is 10.1. The molecular formula is C25H19FN4O2. The van der Waals surface area contributed by atoms with Crippen LogP contribution in [0.15, 0.2) is 79.1 Å². The van der Waals surface area contributed by atoms with Gasteiger partial charge in [0.25, 0.3) is 11.8 Å². The quantitative estimate of drug-likeness (QED) is 0.515. The molecule has 0 atom stereocenters. The minimum absolute atomic E-state index is 0.184. The first-order valence-electron chi connectivity index (χ1n) is 10.1. The van der Waals surface area contributed by atoms with Crippen LogP contribution < -0.4 is 10.2 Å². The fraction of sp³-hybridized carbons (Fsp3) is 0.0800. The van der Waals surface area contributed by atoms with Crippen LogP contribution in [0.25, 0.3) is 5.69 Å². The molecule has 7 heteroatoms. The highest BCUT2D eigenvalue weighted by Crippen LogP contribution is 2.33. The van der Waals surface area contributed by atoms with Crippen molar-refractivity contribution in [2.45, 2.75) is 13.5 Å². The average Bonchev–Trinajstić information content (AvgIpc) is 3.29. The third kappa shape index (κ3) is 3.43. The molecule has 1 N–H and O–H groups in total. The van der Waals surface area contributed by atoms with Gasteiger partial charge in [-0.15, -0.1) is 0 Å². The summed E-state index contributed by atoms with van der Waals surface area (Å²) in [6, 6.07) is 18.9. The Morgan fingerprint density at radius 2 is 1.81 bits per heavy atom. The maximum Gasteiger partial charge on any atom is 0.260 e. The summed E-state index contributed by atoms with van der Waals surface area (Å²) in [5.41, 5.74) is 4.07. The molecule has 1 aliphatic rings. The Labute approximate surface area is 183 Å². The fourth-order valence-electron chi connectivity index (χ4n) is 3.88. The number of anilines is 2. The molecule has 0 radical (unpaired) electrons. The molecule has 0 aliphatic carbocycles. The van der Waals surface area contributed by atoms with Crippen LogP contribution in [-0.2, 0) is 6.54 Å². The normalized spacial score (nSPS) is 12.1. The largest absolute Gasteiger partial charge is 0.317 e. The molecule has 158 valence electrons. The zero-order valence-corrected chi connectivity index (χ0v) is 17.2. The molecule has 32 heavy (non-hydrogen) atoms. The third-order valence-electron chi connectivity index (χ3n) is 5.53. The van der Waals surface area contributed by atoms with Crippen molar-refractivity contribution >= 4 is 23.3 Å². The lowest BCUT2D eigenvalue weighted by Crippen LogP contribution is -2.34. The molecule has 6 nitrogen and oxygen atoms in total. The molecule has 2 aromatic carbocycles. The number of carbonyl (C=O) groups excluding carboxylic acids is 2. The molecule has 0 fully saturated rings. The summed E-state index contributed by atoms with van der Waals surface area (Å²) in [4.78, 5) is 31.7. The van der Waals surface area contributed by atoms with E-state index in [1.807, 2.05) is 42.6 Å². The van der Waals surface area contributed by atoms with Crippen molar-refractivity contribution in [1.29, 1.82) is 0 Å². The topological polar surface area (TPSA) is 67.2 Å². The van der Waals surface area contributed by atoms with Crippen molar-refractivity contribution < 1.29 is 14.0 Å². The van der Waals surface area contributed by atoms with E-state index in [4.69, 9.17) is 0 Å². The van der Waals surface area contributed by atoms with Crippen LogP contribution in [0.2, 0.25) is 0 Å². The maximum atomic E-state index is 13.5. The lowest BCUT2D eigenvalue weighted by Gasteiger charge is -2.31. The van der Waals surface area contributed by atoms with Gasteiger partial charge < -0.3 is 14.8 Å². The first-order chi connectivity index (χ1) is 15.5. The van der Waals surface area contributed by atoms with Crippen molar-refractivity contribution in [1.82, 2.24) is 9.55 Å². The smallest absolute Gasteiger partial charge is 0.260 e. The minimum atomic E-state index is -0.484. The first kappa shape index (κ1) is 19.7. The summed E-state index contributed by atoms with van der Waals surface area (Å²) in [7, 11) is 0. The third-order valence-corrected chi connectivity index (χ3v) is 5.53. The predicted molar refractivity (Wildman–Crippen MR) is 120 cm³/mol. The summed E-state index contributed by atoms with van der Waals surface area (Å²) in [6.45, 7) is 2.18. The Kier molecular flexibility index (Phi) is 4.78. The van der Waals surface area contributed by atoms with Gasteiger partial charge >= 0.3 is 0 Å². The fourth-order valence-corrected chi connectivity index (χ4v) is 3.88. The molecular weight excluding hydrogens is 407 g/mol. The van der Waals surface area contributed by atoms with Gasteiger partial charge in [0.1, 0.15) is 11.6 Å². The summed E-state index contributed by atoms with van der Waals surface area (Å²) < 4.78 is 15.6. The molecule has 4 aromatic rings. The molecule has 3 heterocycles. The number of hydrogen-bond acceptors (Lipinski definition) is 3. The molecule has 1 aliphatic heterocycles. The number of benzene rings is 2. The second-order valence-corrected chi connectivity index (χ2v) is 7.60. The van der Waals surface area contributed by atoms with Crippen molar-refractivity contribution in [2.75, 3.05) is 10.2 Å². The number of aryl methyl sites for hydroxylation is 1. The Hall–Kier alpha value is -4.26. The average molecular weight is 426 g/mol. The monoisotopic (exact) mass is 426 g/mol. The standard InChI is InChI=1S/C25H19FN4O2/c1-16-8-10-18(26)13-20(16)24(31)28-23-11-9-17(14-27-23)25(32)30-15-19-5-4-12-29(19)21-6-2-3-7-22(21)30/h2-14H,15H2,1H3,(H,27,28,31). The number of fused-ring (bicyclic) bond motifs is 3. The van der Waals surface area contributed by atoms with E-state index in [1.54, 1.807) is 30.0 Å². The van der Waals surface area contributed by atoms with Crippen LogP contribution >= 0.6 is 0 Å². The molecule has 0 saturated heterocycles. The number of para-hydroxylation sites is 2. The number of aromatic nitrogens is 2. The van der Waals surface area contributed by atoms with Crippen LogP contribution in [0.5, 0.6) is 0 Å². The highest BCUT2D eigenvalue weighted by molar-refractivity contribution is 6.08. The van der Waals surface area contributed by atoms with Crippen molar-refractivity contribution in [3.05, 3.63) is 107 Å². The summed E-state index contributed by atoms with van der Waals surface area (Å²) in [5.74, 6) is -0.846. The van der Waals surface area contributed by atoms with Crippen LogP contribution in [0, 0.1) is 12.7 Å². The van der Waals surface area contributed by atoms with Crippen LogP contribution in [0.4, 0.5) is 15.9 Å². The Morgan fingerprint density at radius 3 is 2.59 bits per heavy atom. The predicted octanol–water partition coefficient (Wildman–Crippen LogP) is 4.73. The molecule has 0 saturated carbocycles. The molecule has 2 amide bonds. The number of hydrogen-bond donors (Lipinski definition) is 1. The zero-order chi connectivity index (χ0) is 22.2. The summed E-state index contributed by atoms with van der Waals surface area (Å²) >= 11 is 0.